The fourth-order valence-corrected chi connectivity index (χ4v) is 2.86. The summed E-state index contributed by atoms with van der Waals surface area (Å²) in [7, 11) is 0. The van der Waals surface area contributed by atoms with Gasteiger partial charge in [-0.1, -0.05) is 32.6 Å². The summed E-state index contributed by atoms with van der Waals surface area (Å²) in [4.78, 5) is 11.9. The van der Waals surface area contributed by atoms with Crippen molar-refractivity contribution < 1.29 is 24.9 Å². The summed E-state index contributed by atoms with van der Waals surface area (Å²) in [5, 5.41) is 29.5. The van der Waals surface area contributed by atoms with E-state index in [0.717, 1.165) is 51.4 Å². The Morgan fingerprint density at radius 2 is 1.87 bits per heavy atom. The third-order valence-corrected chi connectivity index (χ3v) is 4.31. The lowest BCUT2D eigenvalue weighted by atomic mass is 9.99. The summed E-state index contributed by atoms with van der Waals surface area (Å²) in [5.41, 5.74) is 0. The van der Waals surface area contributed by atoms with E-state index in [0.29, 0.717) is 6.42 Å². The Hall–Kier alpha value is -0.910. The third kappa shape index (κ3) is 9.08. The van der Waals surface area contributed by atoms with E-state index in [1.807, 2.05) is 0 Å². The molecule has 0 saturated heterocycles. The average Bonchev–Trinajstić information content (AvgIpc) is 2.51. The van der Waals surface area contributed by atoms with Gasteiger partial charge in [-0.05, 0) is 38.2 Å². The number of cyclic esters (lactones) is 1. The van der Waals surface area contributed by atoms with Crippen LogP contribution in [0, 0.1) is 0 Å². The molecular formula is C18H32O5. The number of ether oxygens (including phenoxy) is 1. The Bertz CT molecular complexity index is 355. The first-order valence-electron chi connectivity index (χ1n) is 8.96. The molecule has 0 aliphatic carbocycles. The summed E-state index contributed by atoms with van der Waals surface area (Å²) in [6, 6.07) is 0. The van der Waals surface area contributed by atoms with Crippen molar-refractivity contribution in [1.29, 1.82) is 0 Å². The van der Waals surface area contributed by atoms with E-state index in [-0.39, 0.29) is 12.5 Å². The van der Waals surface area contributed by atoms with Crippen molar-refractivity contribution in [3.63, 3.8) is 0 Å². The largest absolute Gasteiger partial charge is 0.459 e. The van der Waals surface area contributed by atoms with Crippen molar-refractivity contribution in [3.8, 4) is 0 Å². The molecule has 0 amide bonds. The normalized spacial score (nSPS) is 32.8. The first-order chi connectivity index (χ1) is 11.0. The van der Waals surface area contributed by atoms with Gasteiger partial charge < -0.3 is 20.1 Å². The molecule has 5 nitrogen and oxygen atoms in total. The molecule has 4 atom stereocenters. The molecule has 0 aromatic carbocycles. The number of rotatable bonds is 4. The van der Waals surface area contributed by atoms with Crippen molar-refractivity contribution in [3.05, 3.63) is 12.2 Å². The predicted octanol–water partition coefficient (Wildman–Crippen LogP) is 2.47. The second-order valence-electron chi connectivity index (χ2n) is 6.50. The van der Waals surface area contributed by atoms with E-state index in [1.165, 1.54) is 12.2 Å². The van der Waals surface area contributed by atoms with Gasteiger partial charge >= 0.3 is 5.97 Å². The Kier molecular flexibility index (Phi) is 10.2. The number of hydrogen-bond donors (Lipinski definition) is 3. The minimum absolute atomic E-state index is 0.0892. The van der Waals surface area contributed by atoms with E-state index >= 15 is 0 Å². The summed E-state index contributed by atoms with van der Waals surface area (Å²) in [6.45, 7) is 2.14. The highest BCUT2D eigenvalue weighted by Crippen LogP contribution is 2.18. The Morgan fingerprint density at radius 1 is 1.13 bits per heavy atom. The highest BCUT2D eigenvalue weighted by Gasteiger charge is 2.19. The number of aliphatic hydroxyl groups is 3. The van der Waals surface area contributed by atoms with Gasteiger partial charge in [0.2, 0.25) is 0 Å². The van der Waals surface area contributed by atoms with Crippen molar-refractivity contribution >= 4 is 5.97 Å². The van der Waals surface area contributed by atoms with Crippen LogP contribution in [-0.2, 0) is 9.53 Å². The van der Waals surface area contributed by atoms with Crippen LogP contribution in [0.2, 0.25) is 0 Å². The lowest BCUT2D eigenvalue weighted by Crippen LogP contribution is -2.29. The monoisotopic (exact) mass is 328 g/mol. The molecule has 0 radical (unpaired) electrons. The van der Waals surface area contributed by atoms with Gasteiger partial charge in [0, 0.05) is 12.5 Å². The maximum absolute atomic E-state index is 11.9. The summed E-state index contributed by atoms with van der Waals surface area (Å²) in [6.07, 6.45) is 8.00. The van der Waals surface area contributed by atoms with Gasteiger partial charge in [-0.15, -0.1) is 0 Å². The van der Waals surface area contributed by atoms with E-state index in [1.54, 1.807) is 0 Å². The van der Waals surface area contributed by atoms with E-state index in [9.17, 15) is 20.1 Å². The van der Waals surface area contributed by atoms with Gasteiger partial charge in [0.1, 0.15) is 6.10 Å². The predicted molar refractivity (Wildman–Crippen MR) is 88.9 cm³/mol. The number of esters is 1. The van der Waals surface area contributed by atoms with Crippen LogP contribution < -0.4 is 0 Å². The molecule has 23 heavy (non-hydrogen) atoms. The molecule has 134 valence electrons. The fraction of sp³-hybridized carbons (Fsp3) is 0.833. The lowest BCUT2D eigenvalue weighted by molar-refractivity contribution is -0.143. The van der Waals surface area contributed by atoms with Crippen molar-refractivity contribution in [2.24, 2.45) is 0 Å². The average molecular weight is 328 g/mol. The maximum Gasteiger partial charge on any atom is 0.330 e. The zero-order valence-corrected chi connectivity index (χ0v) is 14.2. The second-order valence-corrected chi connectivity index (χ2v) is 6.50. The molecule has 1 rings (SSSR count). The van der Waals surface area contributed by atoms with Gasteiger partial charge in [0.25, 0.3) is 0 Å². The molecule has 1 aliphatic rings. The number of carbonyl (C=O) groups excluding carboxylic acids is 1. The minimum Gasteiger partial charge on any atom is -0.459 e. The van der Waals surface area contributed by atoms with Gasteiger partial charge in [-0.2, -0.15) is 0 Å². The number of aliphatic hydroxyl groups excluding tert-OH is 3. The SMILES string of the molecule is CCCCC[C@@H]1CCCCC[C@H](O)C[C@@H](O)[C@@H](O)/C=C/C(=O)O1. The Balaban J connectivity index is 2.63. The standard InChI is InChI=1S/C18H32O5/c1-2-3-5-9-15-10-7-4-6-8-14(19)13-17(21)16(20)11-12-18(22)23-15/h11-12,14-17,19-21H,2-10,13H2,1H3/b12-11+/t14-,15+,16-,17+/m0/s1. The van der Waals surface area contributed by atoms with Gasteiger partial charge in [0.15, 0.2) is 0 Å². The van der Waals surface area contributed by atoms with Crippen LogP contribution >= 0.6 is 0 Å². The summed E-state index contributed by atoms with van der Waals surface area (Å²) in [5.74, 6) is -0.477. The molecule has 5 heteroatoms. The molecule has 0 spiro atoms. The molecule has 0 saturated carbocycles. The molecule has 1 heterocycles. The smallest absolute Gasteiger partial charge is 0.330 e. The molecule has 1 aliphatic heterocycles. The lowest BCUT2D eigenvalue weighted by Gasteiger charge is -2.20. The molecule has 0 fully saturated rings. The zero-order valence-electron chi connectivity index (χ0n) is 14.2. The number of hydrogen-bond acceptors (Lipinski definition) is 5. The Labute approximate surface area is 139 Å². The van der Waals surface area contributed by atoms with Crippen LogP contribution in [-0.4, -0.2) is 45.7 Å². The second kappa shape index (κ2) is 11.6. The van der Waals surface area contributed by atoms with Crippen LogP contribution in [0.4, 0.5) is 0 Å². The third-order valence-electron chi connectivity index (χ3n) is 4.31. The van der Waals surface area contributed by atoms with Gasteiger partial charge in [-0.25, -0.2) is 4.79 Å². The van der Waals surface area contributed by atoms with Crippen molar-refractivity contribution in [1.82, 2.24) is 0 Å². The van der Waals surface area contributed by atoms with E-state index in [4.69, 9.17) is 4.74 Å². The van der Waals surface area contributed by atoms with Crippen molar-refractivity contribution in [2.75, 3.05) is 0 Å². The van der Waals surface area contributed by atoms with Crippen LogP contribution in [0.5, 0.6) is 0 Å². The first-order valence-corrected chi connectivity index (χ1v) is 8.96. The highest BCUT2D eigenvalue weighted by molar-refractivity contribution is 5.82. The molecule has 0 unspecified atom stereocenters. The van der Waals surface area contributed by atoms with Gasteiger partial charge in [0.05, 0.1) is 18.3 Å². The van der Waals surface area contributed by atoms with Crippen molar-refractivity contribution in [2.45, 2.75) is 95.5 Å². The first kappa shape index (κ1) is 20.1. The topological polar surface area (TPSA) is 87.0 Å². The number of carbonyl (C=O) groups is 1. The van der Waals surface area contributed by atoms with Crippen LogP contribution in [0.1, 0.15) is 71.1 Å². The minimum atomic E-state index is -1.17. The summed E-state index contributed by atoms with van der Waals surface area (Å²) < 4.78 is 5.48. The quantitative estimate of drug-likeness (QED) is 0.545. The van der Waals surface area contributed by atoms with Crippen LogP contribution in [0.15, 0.2) is 12.2 Å². The van der Waals surface area contributed by atoms with Crippen LogP contribution in [0.25, 0.3) is 0 Å². The molecular weight excluding hydrogens is 296 g/mol. The van der Waals surface area contributed by atoms with E-state index < -0.39 is 24.3 Å². The zero-order chi connectivity index (χ0) is 17.1. The van der Waals surface area contributed by atoms with E-state index in [2.05, 4.69) is 6.92 Å². The molecule has 0 aromatic heterocycles. The highest BCUT2D eigenvalue weighted by atomic mass is 16.5. The maximum atomic E-state index is 11.9. The molecule has 0 aromatic rings. The van der Waals surface area contributed by atoms with Crippen LogP contribution in [0.3, 0.4) is 0 Å². The number of unbranched alkanes of at least 4 members (excludes halogenated alkanes) is 2. The molecule has 3 N–H and O–H groups in total. The fourth-order valence-electron chi connectivity index (χ4n) is 2.86. The summed E-state index contributed by atoms with van der Waals surface area (Å²) >= 11 is 0. The Morgan fingerprint density at radius 3 is 2.61 bits per heavy atom. The van der Waals surface area contributed by atoms with Gasteiger partial charge in [-0.3, -0.25) is 0 Å². The molecule has 0 bridgehead atoms.